The Morgan fingerprint density at radius 3 is 1.93 bits per heavy atom. The van der Waals surface area contributed by atoms with Crippen LogP contribution >= 0.6 is 24.8 Å². The topological polar surface area (TPSA) is 101 Å². The minimum absolute atomic E-state index is 0.0111. The highest BCUT2D eigenvalue weighted by Crippen LogP contribution is 2.20. The predicted molar refractivity (Wildman–Crippen MR) is 106 cm³/mol. The van der Waals surface area contributed by atoms with E-state index in [9.17, 15) is 24.0 Å². The maximum atomic E-state index is 11.9. The molecule has 0 N–H and O–H groups in total. The van der Waals surface area contributed by atoms with Crippen molar-refractivity contribution in [2.75, 3.05) is 4.90 Å². The quantitative estimate of drug-likeness (QED) is 0.452. The van der Waals surface area contributed by atoms with E-state index in [4.69, 9.17) is 4.84 Å². The van der Waals surface area contributed by atoms with Crippen LogP contribution in [0.4, 0.5) is 5.69 Å². The summed E-state index contributed by atoms with van der Waals surface area (Å²) in [5, 5.41) is 0.452. The lowest BCUT2D eigenvalue weighted by Gasteiger charge is -2.15. The van der Waals surface area contributed by atoms with Crippen LogP contribution < -0.4 is 4.90 Å². The molecule has 0 aliphatic carbocycles. The number of nitrogens with zero attached hydrogens (tertiary/aromatic N) is 2. The first kappa shape index (κ1) is 21.5. The summed E-state index contributed by atoms with van der Waals surface area (Å²) in [6.45, 7) is 1.98. The van der Waals surface area contributed by atoms with Gasteiger partial charge in [0.05, 0.1) is 11.3 Å². The average molecular weight is 420 g/mol. The number of carbonyl (C=O) groups is 5. The van der Waals surface area contributed by atoms with Gasteiger partial charge < -0.3 is 4.84 Å². The standard InChI is InChI=1S/C15H10N2O6.C3H6S2/c18-11-5-6-12(19)16(11)10-3-1-9(2-4-10)15(22)23-17-13(20)7-8-14(17)21;1-2-3(4)5/h1-6H,7-8H2;2H2,1H3,(H,4,5). The van der Waals surface area contributed by atoms with Crippen molar-refractivity contribution in [2.24, 2.45) is 0 Å². The third kappa shape index (κ3) is 5.11. The maximum Gasteiger partial charge on any atom is 0.363 e. The van der Waals surface area contributed by atoms with E-state index in [1.807, 2.05) is 6.92 Å². The average Bonchev–Trinajstić information content (AvgIpc) is 3.17. The van der Waals surface area contributed by atoms with Crippen molar-refractivity contribution in [3.05, 3.63) is 42.0 Å². The van der Waals surface area contributed by atoms with Gasteiger partial charge in [-0.15, -0.1) is 17.7 Å². The van der Waals surface area contributed by atoms with Crippen molar-refractivity contribution in [2.45, 2.75) is 26.2 Å². The minimum atomic E-state index is -0.877. The van der Waals surface area contributed by atoms with Crippen LogP contribution in [0.1, 0.15) is 36.5 Å². The molecule has 0 unspecified atom stereocenters. The van der Waals surface area contributed by atoms with Crippen LogP contribution in [0.25, 0.3) is 0 Å². The van der Waals surface area contributed by atoms with Crippen molar-refractivity contribution >= 4 is 64.3 Å². The molecule has 2 aliphatic rings. The van der Waals surface area contributed by atoms with E-state index in [0.29, 0.717) is 10.8 Å². The fourth-order valence-corrected chi connectivity index (χ4v) is 2.19. The van der Waals surface area contributed by atoms with Crippen molar-refractivity contribution in [1.82, 2.24) is 5.06 Å². The van der Waals surface area contributed by atoms with Gasteiger partial charge in [0, 0.05) is 29.2 Å². The van der Waals surface area contributed by atoms with E-state index in [0.717, 1.165) is 27.7 Å². The summed E-state index contributed by atoms with van der Waals surface area (Å²) in [7, 11) is 0. The fraction of sp³-hybridized carbons (Fsp3) is 0.222. The van der Waals surface area contributed by atoms with Crippen LogP contribution in [-0.2, 0) is 24.0 Å². The molecule has 2 heterocycles. The van der Waals surface area contributed by atoms with Crippen LogP contribution in [-0.4, -0.2) is 38.9 Å². The highest BCUT2D eigenvalue weighted by molar-refractivity contribution is 8.11. The number of anilines is 1. The molecule has 0 radical (unpaired) electrons. The number of thiocarbonyl (C=S) groups is 1. The number of benzene rings is 1. The zero-order valence-electron chi connectivity index (χ0n) is 14.8. The summed E-state index contributed by atoms with van der Waals surface area (Å²) in [6.07, 6.45) is 3.22. The largest absolute Gasteiger partial charge is 0.363 e. The third-order valence-electron chi connectivity index (χ3n) is 3.65. The Bertz CT molecular complexity index is 845. The number of rotatable bonds is 4. The van der Waals surface area contributed by atoms with Gasteiger partial charge in [0.2, 0.25) is 0 Å². The van der Waals surface area contributed by atoms with Crippen LogP contribution in [0.15, 0.2) is 36.4 Å². The van der Waals surface area contributed by atoms with Gasteiger partial charge in [-0.2, -0.15) is 0 Å². The second-order valence-electron chi connectivity index (χ2n) is 5.60. The van der Waals surface area contributed by atoms with Crippen LogP contribution in [0.2, 0.25) is 0 Å². The van der Waals surface area contributed by atoms with Crippen LogP contribution in [0.3, 0.4) is 0 Å². The number of amides is 4. The lowest BCUT2D eigenvalue weighted by molar-refractivity contribution is -0.172. The number of thiol groups is 1. The Kier molecular flexibility index (Phi) is 7.18. The number of hydroxylamine groups is 2. The molecule has 3 rings (SSSR count). The summed E-state index contributed by atoms with van der Waals surface area (Å²) in [6, 6.07) is 5.46. The minimum Gasteiger partial charge on any atom is -0.325 e. The van der Waals surface area contributed by atoms with E-state index in [2.05, 4.69) is 24.8 Å². The first-order chi connectivity index (χ1) is 13.2. The fourth-order valence-electron chi connectivity index (χ4n) is 2.19. The van der Waals surface area contributed by atoms with Gasteiger partial charge in [-0.25, -0.2) is 9.69 Å². The zero-order chi connectivity index (χ0) is 20.8. The van der Waals surface area contributed by atoms with Gasteiger partial charge in [0.25, 0.3) is 23.6 Å². The molecule has 1 fully saturated rings. The van der Waals surface area contributed by atoms with Gasteiger partial charge >= 0.3 is 5.97 Å². The van der Waals surface area contributed by atoms with Gasteiger partial charge in [-0.3, -0.25) is 19.2 Å². The Morgan fingerprint density at radius 1 is 1.04 bits per heavy atom. The monoisotopic (exact) mass is 420 g/mol. The summed E-state index contributed by atoms with van der Waals surface area (Å²) in [4.78, 5) is 63.5. The Balaban J connectivity index is 0.000000500. The molecule has 0 atom stereocenters. The molecule has 0 saturated carbocycles. The Labute approximate surface area is 171 Å². The van der Waals surface area contributed by atoms with Gasteiger partial charge in [0.1, 0.15) is 0 Å². The smallest absolute Gasteiger partial charge is 0.325 e. The summed E-state index contributed by atoms with van der Waals surface area (Å²) >= 11 is 8.39. The molecule has 10 heteroatoms. The molecule has 0 aromatic heterocycles. The first-order valence-corrected chi connectivity index (χ1v) is 9.06. The molecule has 1 aromatic carbocycles. The molecule has 2 aliphatic heterocycles. The molecule has 4 amide bonds. The van der Waals surface area contributed by atoms with E-state index >= 15 is 0 Å². The van der Waals surface area contributed by atoms with Crippen LogP contribution in [0.5, 0.6) is 0 Å². The molecule has 8 nitrogen and oxygen atoms in total. The van der Waals surface area contributed by atoms with Gasteiger partial charge in [-0.05, 0) is 30.7 Å². The summed E-state index contributed by atoms with van der Waals surface area (Å²) < 4.78 is 0.782. The lowest BCUT2D eigenvalue weighted by atomic mass is 10.2. The Morgan fingerprint density at radius 2 is 1.50 bits per heavy atom. The van der Waals surface area contributed by atoms with Crippen molar-refractivity contribution in [3.8, 4) is 0 Å². The number of carbonyl (C=O) groups excluding carboxylic acids is 5. The Hall–Kier alpha value is -2.85. The molecular weight excluding hydrogens is 404 g/mol. The predicted octanol–water partition coefficient (Wildman–Crippen LogP) is 1.99. The zero-order valence-corrected chi connectivity index (χ0v) is 16.5. The van der Waals surface area contributed by atoms with E-state index < -0.39 is 29.6 Å². The lowest BCUT2D eigenvalue weighted by Crippen LogP contribution is -2.32. The third-order valence-corrected chi connectivity index (χ3v) is 4.26. The molecule has 28 heavy (non-hydrogen) atoms. The summed E-state index contributed by atoms with van der Waals surface area (Å²) in [5.41, 5.74) is 0.378. The highest BCUT2D eigenvalue weighted by atomic mass is 32.1. The van der Waals surface area contributed by atoms with Crippen molar-refractivity contribution < 1.29 is 28.8 Å². The molecule has 146 valence electrons. The van der Waals surface area contributed by atoms with Gasteiger partial charge in [-0.1, -0.05) is 19.1 Å². The molecule has 0 bridgehead atoms. The van der Waals surface area contributed by atoms with Gasteiger partial charge in [0.15, 0.2) is 0 Å². The summed E-state index contributed by atoms with van der Waals surface area (Å²) in [5.74, 6) is -2.96. The SMILES string of the molecule is CCC(=S)S.O=C(ON1C(=O)CCC1=O)c1ccc(N2C(=O)C=CC2=O)cc1. The van der Waals surface area contributed by atoms with E-state index in [1.165, 1.54) is 24.3 Å². The van der Waals surface area contributed by atoms with Crippen molar-refractivity contribution in [3.63, 3.8) is 0 Å². The molecule has 1 saturated heterocycles. The number of imide groups is 2. The number of hydrogen-bond donors (Lipinski definition) is 1. The second-order valence-corrected chi connectivity index (χ2v) is 6.94. The normalized spacial score (nSPS) is 15.6. The maximum absolute atomic E-state index is 11.9. The second kappa shape index (κ2) is 9.38. The van der Waals surface area contributed by atoms with E-state index in [-0.39, 0.29) is 18.4 Å². The van der Waals surface area contributed by atoms with Crippen molar-refractivity contribution in [1.29, 1.82) is 0 Å². The van der Waals surface area contributed by atoms with Crippen LogP contribution in [0, 0.1) is 0 Å². The number of hydrogen-bond acceptors (Lipinski definition) is 7. The van der Waals surface area contributed by atoms with E-state index in [1.54, 1.807) is 0 Å². The molecule has 0 spiro atoms. The first-order valence-electron chi connectivity index (χ1n) is 8.20. The molecule has 1 aromatic rings. The molecular formula is C18H16N2O6S2. The highest BCUT2D eigenvalue weighted by Gasteiger charge is 2.33.